The minimum atomic E-state index is -3.56. The quantitative estimate of drug-likeness (QED) is 0.738. The molecule has 1 amide bonds. The topological polar surface area (TPSA) is 104 Å². The fourth-order valence-electron chi connectivity index (χ4n) is 3.11. The van der Waals surface area contributed by atoms with E-state index in [-0.39, 0.29) is 16.4 Å². The normalized spacial score (nSPS) is 14.7. The molecule has 148 valence electrons. The van der Waals surface area contributed by atoms with Crippen LogP contribution in [0.2, 0.25) is 0 Å². The number of benzene rings is 2. The summed E-state index contributed by atoms with van der Waals surface area (Å²) < 4.78 is 26.7. The minimum absolute atomic E-state index is 0.131. The summed E-state index contributed by atoms with van der Waals surface area (Å²) in [4.78, 5) is 23.4. The van der Waals surface area contributed by atoms with Crippen LogP contribution in [0.5, 0.6) is 0 Å². The lowest BCUT2D eigenvalue weighted by Gasteiger charge is -2.16. The Morgan fingerprint density at radius 3 is 2.32 bits per heavy atom. The monoisotopic (exact) mass is 402 g/mol. The van der Waals surface area contributed by atoms with Gasteiger partial charge in [-0.25, -0.2) is 13.2 Å². The first kappa shape index (κ1) is 20.0. The van der Waals surface area contributed by atoms with Crippen LogP contribution in [-0.4, -0.2) is 49.3 Å². The summed E-state index contributed by atoms with van der Waals surface area (Å²) in [6.07, 6.45) is 2.25. The maximum absolute atomic E-state index is 12.6. The van der Waals surface area contributed by atoms with Crippen molar-refractivity contribution in [1.29, 1.82) is 0 Å². The van der Waals surface area contributed by atoms with Crippen LogP contribution in [-0.2, 0) is 16.4 Å². The Bertz CT molecular complexity index is 964. The second-order valence-electron chi connectivity index (χ2n) is 6.65. The summed E-state index contributed by atoms with van der Waals surface area (Å²) in [6, 6.07) is 12.5. The molecule has 1 aliphatic rings. The molecule has 1 fully saturated rings. The largest absolute Gasteiger partial charge is 0.478 e. The van der Waals surface area contributed by atoms with Crippen LogP contribution in [0.15, 0.2) is 53.4 Å². The Hall–Kier alpha value is -2.71. The second kappa shape index (κ2) is 8.53. The zero-order chi connectivity index (χ0) is 20.1. The van der Waals surface area contributed by atoms with Crippen molar-refractivity contribution in [1.82, 2.24) is 9.62 Å². The second-order valence-corrected chi connectivity index (χ2v) is 8.58. The summed E-state index contributed by atoms with van der Waals surface area (Å²) in [5.41, 5.74) is 1.40. The van der Waals surface area contributed by atoms with Gasteiger partial charge in [0.2, 0.25) is 10.0 Å². The molecular formula is C20H22N2O5S. The Balaban J connectivity index is 1.61. The predicted molar refractivity (Wildman–Crippen MR) is 104 cm³/mol. The van der Waals surface area contributed by atoms with Crippen LogP contribution in [0.4, 0.5) is 0 Å². The number of amides is 1. The third-order valence-electron chi connectivity index (χ3n) is 4.70. The van der Waals surface area contributed by atoms with Crippen LogP contribution in [0.1, 0.15) is 39.1 Å². The average Bonchev–Trinajstić information content (AvgIpc) is 3.24. The fourth-order valence-corrected chi connectivity index (χ4v) is 4.68. The lowest BCUT2D eigenvalue weighted by molar-refractivity contribution is 0.0696. The third kappa shape index (κ3) is 4.58. The summed E-state index contributed by atoms with van der Waals surface area (Å²) in [5, 5.41) is 11.7. The van der Waals surface area contributed by atoms with Crippen molar-refractivity contribution in [3.8, 4) is 0 Å². The van der Waals surface area contributed by atoms with E-state index in [0.29, 0.717) is 31.6 Å². The standard InChI is InChI=1S/C20H22N2O5S/c23-19(21-11-10-15-6-8-16(9-7-15)20(24)25)17-4-3-5-18(14-17)28(26,27)22-12-1-2-13-22/h3-9,14H,1-2,10-13H2,(H,21,23)(H,24,25). The Morgan fingerprint density at radius 1 is 1.00 bits per heavy atom. The van der Waals surface area contributed by atoms with Crippen LogP contribution in [0, 0.1) is 0 Å². The van der Waals surface area contributed by atoms with E-state index in [1.165, 1.54) is 28.6 Å². The zero-order valence-electron chi connectivity index (χ0n) is 15.3. The van der Waals surface area contributed by atoms with Crippen LogP contribution in [0.25, 0.3) is 0 Å². The highest BCUT2D eigenvalue weighted by Crippen LogP contribution is 2.21. The molecule has 3 rings (SSSR count). The van der Waals surface area contributed by atoms with Crippen molar-refractivity contribution in [2.24, 2.45) is 0 Å². The highest BCUT2D eigenvalue weighted by atomic mass is 32.2. The molecule has 0 bridgehead atoms. The first-order valence-corrected chi connectivity index (χ1v) is 10.5. The molecule has 1 saturated heterocycles. The van der Waals surface area contributed by atoms with Crippen LogP contribution in [0.3, 0.4) is 0 Å². The van der Waals surface area contributed by atoms with Crippen LogP contribution < -0.4 is 5.32 Å². The molecule has 0 atom stereocenters. The molecule has 2 aromatic rings. The maximum atomic E-state index is 12.6. The van der Waals surface area contributed by atoms with Gasteiger partial charge in [0.25, 0.3) is 5.91 Å². The van der Waals surface area contributed by atoms with E-state index in [9.17, 15) is 18.0 Å². The third-order valence-corrected chi connectivity index (χ3v) is 6.59. The van der Waals surface area contributed by atoms with Crippen molar-refractivity contribution >= 4 is 21.9 Å². The summed E-state index contributed by atoms with van der Waals surface area (Å²) in [7, 11) is -3.56. The molecule has 2 aromatic carbocycles. The van der Waals surface area contributed by atoms with E-state index in [1.54, 1.807) is 24.3 Å². The van der Waals surface area contributed by atoms with Gasteiger partial charge in [0.15, 0.2) is 0 Å². The van der Waals surface area contributed by atoms with Crippen molar-refractivity contribution in [3.05, 3.63) is 65.2 Å². The van der Waals surface area contributed by atoms with Gasteiger partial charge in [0, 0.05) is 25.2 Å². The number of hydrogen-bond donors (Lipinski definition) is 2. The molecule has 28 heavy (non-hydrogen) atoms. The Kier molecular flexibility index (Phi) is 6.11. The van der Waals surface area contributed by atoms with E-state index in [2.05, 4.69) is 5.32 Å². The zero-order valence-corrected chi connectivity index (χ0v) is 16.1. The average molecular weight is 402 g/mol. The molecule has 8 heteroatoms. The number of sulfonamides is 1. The van der Waals surface area contributed by atoms with E-state index < -0.39 is 16.0 Å². The van der Waals surface area contributed by atoms with E-state index in [4.69, 9.17) is 5.11 Å². The maximum Gasteiger partial charge on any atom is 0.335 e. The van der Waals surface area contributed by atoms with E-state index in [1.807, 2.05) is 0 Å². The molecule has 0 aromatic heterocycles. The van der Waals surface area contributed by atoms with Gasteiger partial charge in [-0.3, -0.25) is 4.79 Å². The highest BCUT2D eigenvalue weighted by molar-refractivity contribution is 7.89. The van der Waals surface area contributed by atoms with Gasteiger partial charge in [-0.05, 0) is 55.2 Å². The Labute approximate surface area is 164 Å². The molecule has 2 N–H and O–H groups in total. The van der Waals surface area contributed by atoms with Gasteiger partial charge < -0.3 is 10.4 Å². The number of aromatic carboxylic acids is 1. The molecule has 1 heterocycles. The summed E-state index contributed by atoms with van der Waals surface area (Å²) in [5.74, 6) is -1.33. The number of carbonyl (C=O) groups excluding carboxylic acids is 1. The SMILES string of the molecule is O=C(O)c1ccc(CCNC(=O)c2cccc(S(=O)(=O)N3CCCC3)c2)cc1. The van der Waals surface area contributed by atoms with Crippen LogP contribution >= 0.6 is 0 Å². The van der Waals surface area contributed by atoms with Gasteiger partial charge in [-0.2, -0.15) is 4.31 Å². The van der Waals surface area contributed by atoms with Gasteiger partial charge in [0.1, 0.15) is 0 Å². The fraction of sp³-hybridized carbons (Fsp3) is 0.300. The number of carbonyl (C=O) groups is 2. The van der Waals surface area contributed by atoms with Gasteiger partial charge in [-0.1, -0.05) is 18.2 Å². The minimum Gasteiger partial charge on any atom is -0.478 e. The molecular weight excluding hydrogens is 380 g/mol. The van der Waals surface area contributed by atoms with Crippen molar-refractivity contribution < 1.29 is 23.1 Å². The molecule has 0 aliphatic carbocycles. The molecule has 0 radical (unpaired) electrons. The lowest BCUT2D eigenvalue weighted by Crippen LogP contribution is -2.29. The number of nitrogens with one attached hydrogen (secondary N) is 1. The number of nitrogens with zero attached hydrogens (tertiary/aromatic N) is 1. The van der Waals surface area contributed by atoms with Gasteiger partial charge in [-0.15, -0.1) is 0 Å². The number of rotatable bonds is 7. The van der Waals surface area contributed by atoms with E-state index in [0.717, 1.165) is 18.4 Å². The molecule has 0 unspecified atom stereocenters. The first-order valence-electron chi connectivity index (χ1n) is 9.08. The van der Waals surface area contributed by atoms with Crippen molar-refractivity contribution in [2.45, 2.75) is 24.2 Å². The van der Waals surface area contributed by atoms with Gasteiger partial charge >= 0.3 is 5.97 Å². The highest BCUT2D eigenvalue weighted by Gasteiger charge is 2.27. The van der Waals surface area contributed by atoms with Gasteiger partial charge in [0.05, 0.1) is 10.5 Å². The lowest BCUT2D eigenvalue weighted by atomic mass is 10.1. The first-order chi connectivity index (χ1) is 13.4. The van der Waals surface area contributed by atoms with Crippen molar-refractivity contribution in [3.63, 3.8) is 0 Å². The smallest absolute Gasteiger partial charge is 0.335 e. The van der Waals surface area contributed by atoms with Crippen molar-refractivity contribution in [2.75, 3.05) is 19.6 Å². The molecule has 0 saturated carbocycles. The predicted octanol–water partition coefficient (Wildman–Crippen LogP) is 2.14. The number of carboxylic acids is 1. The van der Waals surface area contributed by atoms with E-state index >= 15 is 0 Å². The number of carboxylic acid groups (broad SMARTS) is 1. The summed E-state index contributed by atoms with van der Waals surface area (Å²) >= 11 is 0. The molecule has 1 aliphatic heterocycles. The number of hydrogen-bond acceptors (Lipinski definition) is 4. The Morgan fingerprint density at radius 2 is 1.68 bits per heavy atom. The molecule has 7 nitrogen and oxygen atoms in total. The summed E-state index contributed by atoms with van der Waals surface area (Å²) in [6.45, 7) is 1.38. The molecule has 0 spiro atoms.